The molecule has 0 bridgehead atoms. The lowest BCUT2D eigenvalue weighted by molar-refractivity contribution is 1.17. The quantitative estimate of drug-likeness (QED) is 0.199. The summed E-state index contributed by atoms with van der Waals surface area (Å²) >= 11 is 0. The van der Waals surface area contributed by atoms with E-state index in [1.165, 1.54) is 88.4 Å². The van der Waals surface area contributed by atoms with Gasteiger partial charge in [-0.3, -0.25) is 0 Å². The van der Waals surface area contributed by atoms with E-state index in [-0.39, 0.29) is 0 Å². The number of hydrogen-bond donors (Lipinski definition) is 0. The van der Waals surface area contributed by atoms with Crippen molar-refractivity contribution in [2.75, 3.05) is 0 Å². The lowest BCUT2D eigenvalue weighted by Crippen LogP contribution is -1.98. The Balaban J connectivity index is 1.21. The molecule has 0 unspecified atom stereocenters. The normalized spacial score (nSPS) is 12.4. The van der Waals surface area contributed by atoms with E-state index in [9.17, 15) is 0 Å². The minimum Gasteiger partial charge on any atom is -0.309 e. The Morgan fingerprint density at radius 2 is 0.956 bits per heavy atom. The zero-order chi connectivity index (χ0) is 29.5. The maximum Gasteiger partial charge on any atom is 0.0547 e. The third kappa shape index (κ3) is 3.51. The zero-order valence-electron chi connectivity index (χ0n) is 24.6. The number of hydrogen-bond acceptors (Lipinski definition) is 0. The number of para-hydroxylation sites is 3. The number of rotatable bonds is 3. The number of fused-ring (bicyclic) bond motifs is 9. The van der Waals surface area contributed by atoms with Crippen molar-refractivity contribution in [2.24, 2.45) is 0 Å². The van der Waals surface area contributed by atoms with Crippen LogP contribution in [0.25, 0.3) is 77.2 Å². The van der Waals surface area contributed by atoms with Gasteiger partial charge >= 0.3 is 0 Å². The van der Waals surface area contributed by atoms with Crippen molar-refractivity contribution >= 4 is 43.6 Å². The molecule has 10 rings (SSSR count). The van der Waals surface area contributed by atoms with Crippen molar-refractivity contribution in [3.05, 3.63) is 169 Å². The first-order chi connectivity index (χ1) is 22.3. The fraction of sp³-hybridized carbons (Fsp3) is 0.0233. The molecule has 0 spiro atoms. The van der Waals surface area contributed by atoms with Crippen molar-refractivity contribution in [1.82, 2.24) is 9.13 Å². The summed E-state index contributed by atoms with van der Waals surface area (Å²) in [7, 11) is 0. The van der Waals surface area contributed by atoms with E-state index in [2.05, 4.69) is 167 Å². The van der Waals surface area contributed by atoms with Gasteiger partial charge in [0, 0.05) is 32.8 Å². The fourth-order valence-electron chi connectivity index (χ4n) is 7.79. The first kappa shape index (κ1) is 24.6. The summed E-state index contributed by atoms with van der Waals surface area (Å²) in [4.78, 5) is 0. The van der Waals surface area contributed by atoms with E-state index < -0.39 is 0 Å². The zero-order valence-corrected chi connectivity index (χ0v) is 24.6. The van der Waals surface area contributed by atoms with Gasteiger partial charge in [0.15, 0.2) is 0 Å². The summed E-state index contributed by atoms with van der Waals surface area (Å²) in [6.07, 6.45) is 0.983. The molecule has 0 saturated carbocycles. The predicted octanol–water partition coefficient (Wildman–Crippen LogP) is 11.1. The molecule has 210 valence electrons. The summed E-state index contributed by atoms with van der Waals surface area (Å²) in [5, 5.41) is 5.11. The van der Waals surface area contributed by atoms with Gasteiger partial charge in [0.05, 0.1) is 27.8 Å². The molecule has 1 aliphatic carbocycles. The van der Waals surface area contributed by atoms with Crippen LogP contribution < -0.4 is 0 Å². The van der Waals surface area contributed by atoms with Gasteiger partial charge in [-0.15, -0.1) is 0 Å². The van der Waals surface area contributed by atoms with Crippen LogP contribution in [0.2, 0.25) is 0 Å². The highest BCUT2D eigenvalue weighted by molar-refractivity contribution is 6.11. The van der Waals surface area contributed by atoms with Crippen LogP contribution in [-0.2, 0) is 6.42 Å². The molecular formula is C43H28N2. The summed E-state index contributed by atoms with van der Waals surface area (Å²) in [6.45, 7) is 0. The topological polar surface area (TPSA) is 9.86 Å². The largest absolute Gasteiger partial charge is 0.309 e. The van der Waals surface area contributed by atoms with Crippen molar-refractivity contribution < 1.29 is 0 Å². The van der Waals surface area contributed by atoms with Gasteiger partial charge in [-0.2, -0.15) is 0 Å². The molecule has 0 atom stereocenters. The minimum absolute atomic E-state index is 0.983. The molecule has 1 aliphatic rings. The standard InChI is InChI=1S/C43H28N2/c1-2-15-33-30(11-1)25-31-13-10-22-41(43(31)33)45-40-21-8-5-18-36(40)37-24-23-29(27-42(37)45)28-12-9-14-32(26-28)44-38-19-6-3-16-34(38)35-17-4-7-20-39(35)44/h1-24,26-27H,25H2. The predicted molar refractivity (Wildman–Crippen MR) is 189 cm³/mol. The molecule has 9 aromatic rings. The molecule has 0 fully saturated rings. The van der Waals surface area contributed by atoms with Gasteiger partial charge in [0.1, 0.15) is 0 Å². The van der Waals surface area contributed by atoms with Gasteiger partial charge in [-0.1, -0.05) is 115 Å². The third-order valence-electron chi connectivity index (χ3n) is 9.73. The van der Waals surface area contributed by atoms with Crippen molar-refractivity contribution in [1.29, 1.82) is 0 Å². The Kier molecular flexibility index (Phi) is 5.09. The van der Waals surface area contributed by atoms with Crippen LogP contribution in [-0.4, -0.2) is 9.13 Å². The first-order valence-electron chi connectivity index (χ1n) is 15.7. The fourth-order valence-corrected chi connectivity index (χ4v) is 7.79. The highest BCUT2D eigenvalue weighted by atomic mass is 15.0. The van der Waals surface area contributed by atoms with Crippen LogP contribution in [0.5, 0.6) is 0 Å². The van der Waals surface area contributed by atoms with Crippen molar-refractivity contribution in [3.8, 4) is 33.6 Å². The summed E-state index contributed by atoms with van der Waals surface area (Å²) in [5.41, 5.74) is 15.3. The smallest absolute Gasteiger partial charge is 0.0547 e. The van der Waals surface area contributed by atoms with Gasteiger partial charge < -0.3 is 9.13 Å². The molecule has 0 amide bonds. The summed E-state index contributed by atoms with van der Waals surface area (Å²) < 4.78 is 4.89. The maximum atomic E-state index is 2.49. The van der Waals surface area contributed by atoms with E-state index in [0.29, 0.717) is 0 Å². The number of nitrogens with zero attached hydrogens (tertiary/aromatic N) is 2. The monoisotopic (exact) mass is 572 g/mol. The van der Waals surface area contributed by atoms with E-state index in [4.69, 9.17) is 0 Å². The van der Waals surface area contributed by atoms with Gasteiger partial charge in [-0.05, 0) is 76.7 Å². The lowest BCUT2D eigenvalue weighted by Gasteiger charge is -2.15. The first-order valence-corrected chi connectivity index (χ1v) is 15.7. The van der Waals surface area contributed by atoms with Gasteiger partial charge in [0.25, 0.3) is 0 Å². The Bertz CT molecular complexity index is 2580. The molecule has 7 aromatic carbocycles. The third-order valence-corrected chi connectivity index (χ3v) is 9.73. The van der Waals surface area contributed by atoms with Gasteiger partial charge in [0.2, 0.25) is 0 Å². The lowest BCUT2D eigenvalue weighted by atomic mass is 10.0. The summed E-state index contributed by atoms with van der Waals surface area (Å²) in [5.74, 6) is 0. The van der Waals surface area contributed by atoms with Gasteiger partial charge in [-0.25, -0.2) is 0 Å². The van der Waals surface area contributed by atoms with E-state index in [1.54, 1.807) is 0 Å². The molecule has 0 aliphatic heterocycles. The second-order valence-electron chi connectivity index (χ2n) is 12.1. The van der Waals surface area contributed by atoms with E-state index in [0.717, 1.165) is 6.42 Å². The number of benzene rings is 7. The van der Waals surface area contributed by atoms with E-state index in [1.807, 2.05) is 0 Å². The second-order valence-corrected chi connectivity index (χ2v) is 12.1. The molecular weight excluding hydrogens is 544 g/mol. The number of aromatic nitrogens is 2. The van der Waals surface area contributed by atoms with E-state index >= 15 is 0 Å². The Labute approximate surface area is 261 Å². The highest BCUT2D eigenvalue weighted by Gasteiger charge is 2.24. The Hall–Kier alpha value is -5.86. The van der Waals surface area contributed by atoms with Crippen LogP contribution in [0.3, 0.4) is 0 Å². The van der Waals surface area contributed by atoms with Crippen LogP contribution in [0.15, 0.2) is 158 Å². The minimum atomic E-state index is 0.983. The average molecular weight is 573 g/mol. The van der Waals surface area contributed by atoms with Crippen molar-refractivity contribution in [3.63, 3.8) is 0 Å². The molecule has 45 heavy (non-hydrogen) atoms. The molecule has 2 nitrogen and oxygen atoms in total. The highest BCUT2D eigenvalue weighted by Crippen LogP contribution is 2.44. The summed E-state index contributed by atoms with van der Waals surface area (Å²) in [6, 6.07) is 57.9. The van der Waals surface area contributed by atoms with Crippen molar-refractivity contribution in [2.45, 2.75) is 6.42 Å². The average Bonchev–Trinajstić information content (AvgIpc) is 3.76. The molecule has 2 aromatic heterocycles. The van der Waals surface area contributed by atoms with Crippen LogP contribution >= 0.6 is 0 Å². The van der Waals surface area contributed by atoms with Crippen LogP contribution in [0.1, 0.15) is 11.1 Å². The second kappa shape index (κ2) is 9.32. The molecule has 2 heteroatoms. The molecule has 0 radical (unpaired) electrons. The Morgan fingerprint density at radius 1 is 0.378 bits per heavy atom. The molecule has 2 heterocycles. The van der Waals surface area contributed by atoms with Crippen LogP contribution in [0, 0.1) is 0 Å². The molecule has 0 N–H and O–H groups in total. The maximum absolute atomic E-state index is 2.49. The SMILES string of the molecule is c1cc(-c2ccc3c4ccccc4n(-c4cccc5c4-c4ccccc4C5)c3c2)cc(-n2c3ccccc3c3ccccc32)c1. The Morgan fingerprint density at radius 3 is 1.71 bits per heavy atom. The van der Waals surface area contributed by atoms with Crippen LogP contribution in [0.4, 0.5) is 0 Å². The molecule has 0 saturated heterocycles.